The third kappa shape index (κ3) is 3.95. The smallest absolute Gasteiger partial charge is 0.224 e. The van der Waals surface area contributed by atoms with E-state index in [-0.39, 0.29) is 5.91 Å². The van der Waals surface area contributed by atoms with E-state index in [4.69, 9.17) is 9.51 Å². The Hall–Kier alpha value is -3.03. The summed E-state index contributed by atoms with van der Waals surface area (Å²) in [6, 6.07) is 0. The molecule has 4 heterocycles. The Kier molecular flexibility index (Phi) is 5.18. The topological polar surface area (TPSA) is 89.9 Å². The van der Waals surface area contributed by atoms with Gasteiger partial charge in [-0.1, -0.05) is 5.16 Å². The lowest BCUT2D eigenvalue weighted by atomic mass is 10.0. The maximum Gasteiger partial charge on any atom is 0.224 e. The predicted molar refractivity (Wildman–Crippen MR) is 102 cm³/mol. The number of carbonyl (C=O) groups excluding carboxylic acids is 1. The molecule has 0 bridgehead atoms. The van der Waals surface area contributed by atoms with Crippen molar-refractivity contribution in [2.45, 2.75) is 39.7 Å². The molecule has 0 aromatic carbocycles. The van der Waals surface area contributed by atoms with Crippen molar-refractivity contribution in [3.05, 3.63) is 48.3 Å². The van der Waals surface area contributed by atoms with Gasteiger partial charge in [-0.15, -0.1) is 0 Å². The molecule has 146 valence electrons. The van der Waals surface area contributed by atoms with Crippen LogP contribution in [0.25, 0.3) is 11.3 Å². The molecule has 0 radical (unpaired) electrons. The van der Waals surface area contributed by atoms with Gasteiger partial charge in [-0.2, -0.15) is 0 Å². The number of nitrogens with zero attached hydrogens (tertiary/aromatic N) is 6. The summed E-state index contributed by atoms with van der Waals surface area (Å²) in [6.45, 7) is 6.05. The molecule has 4 rings (SSSR count). The van der Waals surface area contributed by atoms with Crippen LogP contribution in [0.15, 0.2) is 35.6 Å². The molecule has 3 aromatic heterocycles. The van der Waals surface area contributed by atoms with Crippen LogP contribution >= 0.6 is 0 Å². The zero-order valence-corrected chi connectivity index (χ0v) is 16.2. The first-order valence-corrected chi connectivity index (χ1v) is 9.58. The van der Waals surface area contributed by atoms with Crippen LogP contribution in [0.4, 0.5) is 0 Å². The molecule has 1 amide bonds. The Bertz CT molecular complexity index is 930. The summed E-state index contributed by atoms with van der Waals surface area (Å²) in [6.07, 6.45) is 11.2. The zero-order valence-electron chi connectivity index (χ0n) is 16.2. The van der Waals surface area contributed by atoms with Crippen molar-refractivity contribution in [3.63, 3.8) is 0 Å². The number of aromatic nitrogens is 5. The molecule has 3 aromatic rings. The lowest BCUT2D eigenvalue weighted by Gasteiger charge is -2.16. The third-order valence-corrected chi connectivity index (χ3v) is 5.25. The highest BCUT2D eigenvalue weighted by molar-refractivity contribution is 5.76. The molecule has 28 heavy (non-hydrogen) atoms. The second-order valence-electron chi connectivity index (χ2n) is 7.34. The Balaban J connectivity index is 1.35. The molecule has 1 aliphatic heterocycles. The predicted octanol–water partition coefficient (Wildman–Crippen LogP) is 2.43. The number of amides is 1. The van der Waals surface area contributed by atoms with E-state index in [1.54, 1.807) is 18.7 Å². The lowest BCUT2D eigenvalue weighted by molar-refractivity contribution is -0.130. The van der Waals surface area contributed by atoms with Crippen LogP contribution in [0.1, 0.15) is 30.0 Å². The van der Waals surface area contributed by atoms with Crippen LogP contribution in [0.2, 0.25) is 0 Å². The van der Waals surface area contributed by atoms with E-state index in [0.717, 1.165) is 54.3 Å². The van der Waals surface area contributed by atoms with Crippen LogP contribution in [0, 0.1) is 19.8 Å². The van der Waals surface area contributed by atoms with Gasteiger partial charge in [-0.05, 0) is 32.6 Å². The third-order valence-electron chi connectivity index (χ3n) is 5.25. The highest BCUT2D eigenvalue weighted by Crippen LogP contribution is 2.26. The molecule has 0 aliphatic carbocycles. The van der Waals surface area contributed by atoms with Crippen LogP contribution in [0.3, 0.4) is 0 Å². The molecule has 0 N–H and O–H groups in total. The van der Waals surface area contributed by atoms with Gasteiger partial charge in [-0.25, -0.2) is 9.97 Å². The van der Waals surface area contributed by atoms with E-state index in [2.05, 4.69) is 15.1 Å². The minimum atomic E-state index is 0.201. The second kappa shape index (κ2) is 7.92. The fourth-order valence-electron chi connectivity index (χ4n) is 3.80. The Morgan fingerprint density at radius 3 is 2.93 bits per heavy atom. The van der Waals surface area contributed by atoms with Gasteiger partial charge in [0.05, 0.1) is 35.2 Å². The molecule has 0 unspecified atom stereocenters. The van der Waals surface area contributed by atoms with Crippen LogP contribution in [-0.2, 0) is 17.8 Å². The highest BCUT2D eigenvalue weighted by Gasteiger charge is 2.26. The zero-order chi connectivity index (χ0) is 19.5. The van der Waals surface area contributed by atoms with Gasteiger partial charge in [0.1, 0.15) is 5.76 Å². The molecule has 1 fully saturated rings. The molecular formula is C20H24N6O2. The van der Waals surface area contributed by atoms with Crippen LogP contribution in [-0.4, -0.2) is 48.6 Å². The molecule has 0 spiro atoms. The van der Waals surface area contributed by atoms with Gasteiger partial charge >= 0.3 is 0 Å². The lowest BCUT2D eigenvalue weighted by Crippen LogP contribution is -2.29. The fraction of sp³-hybridized carbons (Fsp3) is 0.450. The summed E-state index contributed by atoms with van der Waals surface area (Å²) in [5.41, 5.74) is 3.46. The SMILES string of the molecule is Cc1noc(C)c1-c1cncc(C[C@@H]2CCN(C(=O)CCn3ccnc3)C2)n1. The van der Waals surface area contributed by atoms with Crippen molar-refractivity contribution in [2.24, 2.45) is 5.92 Å². The normalized spacial score (nSPS) is 16.6. The van der Waals surface area contributed by atoms with Crippen molar-refractivity contribution in [1.29, 1.82) is 0 Å². The molecule has 8 heteroatoms. The standard InChI is InChI=1S/C20H24N6O2/c1-14-20(15(2)28-24-14)18-11-22-10-17(23-18)9-16-3-7-26(12-16)19(27)4-6-25-8-5-21-13-25/h5,8,10-11,13,16H,3-4,6-7,9,12H2,1-2H3/t16-/m0/s1. The quantitative estimate of drug-likeness (QED) is 0.652. The molecule has 8 nitrogen and oxygen atoms in total. The number of likely N-dealkylation sites (tertiary alicyclic amines) is 1. The van der Waals surface area contributed by atoms with Crippen molar-refractivity contribution < 1.29 is 9.32 Å². The summed E-state index contributed by atoms with van der Waals surface area (Å²) < 4.78 is 7.18. The molecule has 1 atom stereocenters. The maximum absolute atomic E-state index is 12.5. The first-order valence-electron chi connectivity index (χ1n) is 9.58. The first-order chi connectivity index (χ1) is 13.6. The Morgan fingerprint density at radius 1 is 1.29 bits per heavy atom. The number of hydrogen-bond acceptors (Lipinski definition) is 6. The summed E-state index contributed by atoms with van der Waals surface area (Å²) in [5.74, 6) is 1.36. The number of carbonyl (C=O) groups is 1. The number of aryl methyl sites for hydroxylation is 3. The maximum atomic E-state index is 12.5. The molecule has 1 aliphatic rings. The molecule has 1 saturated heterocycles. The Labute approximate surface area is 163 Å². The average Bonchev–Trinajstić information content (AvgIpc) is 3.42. The minimum Gasteiger partial charge on any atom is -0.361 e. The Morgan fingerprint density at radius 2 is 2.18 bits per heavy atom. The summed E-state index contributed by atoms with van der Waals surface area (Å²) in [7, 11) is 0. The fourth-order valence-corrected chi connectivity index (χ4v) is 3.80. The highest BCUT2D eigenvalue weighted by atomic mass is 16.5. The van der Waals surface area contributed by atoms with Crippen molar-refractivity contribution >= 4 is 5.91 Å². The first kappa shape index (κ1) is 18.3. The van der Waals surface area contributed by atoms with E-state index < -0.39 is 0 Å². The van der Waals surface area contributed by atoms with Gasteiger partial charge in [-0.3, -0.25) is 9.78 Å². The summed E-state index contributed by atoms with van der Waals surface area (Å²) in [5, 5.41) is 4.00. The van der Waals surface area contributed by atoms with Crippen molar-refractivity contribution in [1.82, 2.24) is 29.6 Å². The van der Waals surface area contributed by atoms with Gasteiger partial charge < -0.3 is 14.0 Å². The van der Waals surface area contributed by atoms with Crippen LogP contribution in [0.5, 0.6) is 0 Å². The number of imidazole rings is 1. The van der Waals surface area contributed by atoms with E-state index in [1.165, 1.54) is 0 Å². The van der Waals surface area contributed by atoms with Crippen molar-refractivity contribution in [3.8, 4) is 11.3 Å². The summed E-state index contributed by atoms with van der Waals surface area (Å²) in [4.78, 5) is 27.6. The van der Waals surface area contributed by atoms with E-state index in [0.29, 0.717) is 18.9 Å². The summed E-state index contributed by atoms with van der Waals surface area (Å²) >= 11 is 0. The second-order valence-corrected chi connectivity index (χ2v) is 7.34. The number of rotatable bonds is 6. The minimum absolute atomic E-state index is 0.201. The van der Waals surface area contributed by atoms with Gasteiger partial charge in [0.2, 0.25) is 5.91 Å². The molecular weight excluding hydrogens is 356 g/mol. The van der Waals surface area contributed by atoms with Gasteiger partial charge in [0, 0.05) is 44.6 Å². The largest absolute Gasteiger partial charge is 0.361 e. The van der Waals surface area contributed by atoms with E-state index >= 15 is 0 Å². The van der Waals surface area contributed by atoms with Gasteiger partial charge in [0.25, 0.3) is 0 Å². The van der Waals surface area contributed by atoms with Crippen LogP contribution < -0.4 is 0 Å². The van der Waals surface area contributed by atoms with Gasteiger partial charge in [0.15, 0.2) is 0 Å². The molecule has 0 saturated carbocycles. The number of hydrogen-bond donors (Lipinski definition) is 0. The van der Waals surface area contributed by atoms with E-state index in [9.17, 15) is 4.79 Å². The monoisotopic (exact) mass is 380 g/mol. The average molecular weight is 380 g/mol. The van der Waals surface area contributed by atoms with Crippen molar-refractivity contribution in [2.75, 3.05) is 13.1 Å². The van der Waals surface area contributed by atoms with E-state index in [1.807, 2.05) is 35.7 Å².